The van der Waals surface area contributed by atoms with E-state index in [1.165, 1.54) is 6.92 Å². The highest BCUT2D eigenvalue weighted by Gasteiger charge is 2.24. The summed E-state index contributed by atoms with van der Waals surface area (Å²) in [6.45, 7) is 6.47. The van der Waals surface area contributed by atoms with Gasteiger partial charge in [0, 0.05) is 12.1 Å². The molecule has 0 atom stereocenters. The van der Waals surface area contributed by atoms with Crippen molar-refractivity contribution in [3.05, 3.63) is 56.9 Å². The third-order valence-corrected chi connectivity index (χ3v) is 4.90. The molecule has 0 amide bonds. The second kappa shape index (κ2) is 10.5. The number of carbonyl (C=O) groups is 1. The van der Waals surface area contributed by atoms with Gasteiger partial charge in [-0.1, -0.05) is 33.1 Å². The van der Waals surface area contributed by atoms with Gasteiger partial charge in [0.25, 0.3) is 5.56 Å². The van der Waals surface area contributed by atoms with Crippen LogP contribution in [0.1, 0.15) is 73.0 Å². The molecule has 0 bridgehead atoms. The Morgan fingerprint density at radius 1 is 1.14 bits per heavy atom. The van der Waals surface area contributed by atoms with Crippen molar-refractivity contribution < 1.29 is 14.6 Å². The molecule has 2 rings (SSSR count). The van der Waals surface area contributed by atoms with Gasteiger partial charge in [-0.2, -0.15) is 5.26 Å². The number of rotatable bonds is 10. The molecule has 1 heterocycles. The predicted octanol–water partition coefficient (Wildman–Crippen LogP) is 4.33. The van der Waals surface area contributed by atoms with E-state index in [9.17, 15) is 20.0 Å². The number of pyridine rings is 1. The van der Waals surface area contributed by atoms with E-state index in [-0.39, 0.29) is 29.1 Å². The summed E-state index contributed by atoms with van der Waals surface area (Å²) < 4.78 is 6.78. The van der Waals surface area contributed by atoms with Crippen LogP contribution in [-0.4, -0.2) is 22.1 Å². The van der Waals surface area contributed by atoms with Gasteiger partial charge in [-0.15, -0.1) is 0 Å². The van der Waals surface area contributed by atoms with Crippen LogP contribution >= 0.6 is 0 Å². The van der Waals surface area contributed by atoms with Crippen molar-refractivity contribution in [1.82, 2.24) is 4.57 Å². The van der Waals surface area contributed by atoms with Crippen LogP contribution in [0.2, 0.25) is 0 Å². The molecule has 154 valence electrons. The molecule has 0 aliphatic heterocycles. The lowest BCUT2D eigenvalue weighted by Gasteiger charge is -2.15. The van der Waals surface area contributed by atoms with E-state index in [0.717, 1.165) is 30.3 Å². The monoisotopic (exact) mass is 396 g/mol. The van der Waals surface area contributed by atoms with Crippen molar-refractivity contribution in [2.24, 2.45) is 0 Å². The summed E-state index contributed by atoms with van der Waals surface area (Å²) in [5.74, 6) is -0.145. The summed E-state index contributed by atoms with van der Waals surface area (Å²) in [4.78, 5) is 25.6. The van der Waals surface area contributed by atoms with Crippen LogP contribution in [0.25, 0.3) is 0 Å². The van der Waals surface area contributed by atoms with Crippen molar-refractivity contribution in [3.8, 4) is 17.7 Å². The first kappa shape index (κ1) is 22.2. The molecule has 0 saturated carbocycles. The summed E-state index contributed by atoms with van der Waals surface area (Å²) in [6, 6.07) is 8.56. The number of hydrogen-bond donors (Lipinski definition) is 1. The average molecular weight is 396 g/mol. The molecule has 6 heteroatoms. The first-order valence-electron chi connectivity index (χ1n) is 10.1. The number of nitriles is 1. The molecule has 0 radical (unpaired) electrons. The second-order valence-electron chi connectivity index (χ2n) is 7.03. The minimum Gasteiger partial charge on any atom is -0.494 e. The van der Waals surface area contributed by atoms with Gasteiger partial charge in [-0.05, 0) is 49.6 Å². The molecular formula is C23H28N2O4. The molecule has 6 nitrogen and oxygen atoms in total. The van der Waals surface area contributed by atoms with E-state index in [0.29, 0.717) is 24.3 Å². The number of ketones is 1. The van der Waals surface area contributed by atoms with Crippen molar-refractivity contribution in [1.29, 1.82) is 5.26 Å². The molecule has 1 aromatic carbocycles. The Labute approximate surface area is 171 Å². The fourth-order valence-electron chi connectivity index (χ4n) is 3.14. The molecule has 0 aliphatic rings. The maximum absolute atomic E-state index is 13.1. The molecule has 0 saturated heterocycles. The average Bonchev–Trinajstić information content (AvgIpc) is 2.72. The van der Waals surface area contributed by atoms with Gasteiger partial charge in [0.15, 0.2) is 5.78 Å². The zero-order valence-electron chi connectivity index (χ0n) is 17.3. The molecule has 0 aliphatic carbocycles. The Morgan fingerprint density at radius 3 is 2.38 bits per heavy atom. The fourth-order valence-corrected chi connectivity index (χ4v) is 3.14. The number of hydrogen-bond acceptors (Lipinski definition) is 5. The van der Waals surface area contributed by atoms with Gasteiger partial charge in [0.2, 0.25) is 5.88 Å². The zero-order chi connectivity index (χ0) is 21.4. The lowest BCUT2D eigenvalue weighted by molar-refractivity contribution is 0.103. The number of unbranched alkanes of at least 4 members (excludes halogenated alkanes) is 3. The lowest BCUT2D eigenvalue weighted by atomic mass is 9.97. The Balaban J connectivity index is 2.37. The molecule has 2 aromatic rings. The second-order valence-corrected chi connectivity index (χ2v) is 7.03. The standard InChI is InChI=1S/C23H28N2O4/c1-4-6-8-14-29-18-11-9-17(10-12-18)21(26)20-16(3)19(15-24)22(27)25(23(20)28)13-7-5-2/h9-12,28H,4-8,13-14H2,1-3H3. The highest BCUT2D eigenvalue weighted by molar-refractivity contribution is 6.11. The van der Waals surface area contributed by atoms with Crippen LogP contribution in [0, 0.1) is 18.3 Å². The maximum atomic E-state index is 13.1. The Bertz CT molecular complexity index is 953. The topological polar surface area (TPSA) is 92.3 Å². The van der Waals surface area contributed by atoms with Crippen LogP contribution in [-0.2, 0) is 6.54 Å². The van der Waals surface area contributed by atoms with E-state index in [4.69, 9.17) is 4.74 Å². The van der Waals surface area contributed by atoms with Crippen molar-refractivity contribution in [2.75, 3.05) is 6.61 Å². The zero-order valence-corrected chi connectivity index (χ0v) is 17.3. The van der Waals surface area contributed by atoms with Crippen molar-refractivity contribution in [2.45, 2.75) is 59.4 Å². The van der Waals surface area contributed by atoms with Crippen molar-refractivity contribution in [3.63, 3.8) is 0 Å². The van der Waals surface area contributed by atoms with Crippen LogP contribution in [0.3, 0.4) is 0 Å². The number of nitrogens with zero attached hydrogens (tertiary/aromatic N) is 2. The summed E-state index contributed by atoms with van der Waals surface area (Å²) in [5, 5.41) is 20.1. The predicted molar refractivity (Wildman–Crippen MR) is 112 cm³/mol. The van der Waals surface area contributed by atoms with E-state index in [2.05, 4.69) is 6.92 Å². The van der Waals surface area contributed by atoms with E-state index in [1.54, 1.807) is 24.3 Å². The third kappa shape index (κ3) is 5.05. The van der Waals surface area contributed by atoms with Gasteiger partial charge in [-0.25, -0.2) is 0 Å². The first-order chi connectivity index (χ1) is 14.0. The van der Waals surface area contributed by atoms with E-state index in [1.807, 2.05) is 13.0 Å². The van der Waals surface area contributed by atoms with Crippen molar-refractivity contribution >= 4 is 5.78 Å². The minimum atomic E-state index is -0.566. The van der Waals surface area contributed by atoms with Gasteiger partial charge in [-0.3, -0.25) is 14.2 Å². The number of ether oxygens (including phenoxy) is 1. The van der Waals surface area contributed by atoms with E-state index < -0.39 is 11.3 Å². The summed E-state index contributed by atoms with van der Waals surface area (Å²) in [7, 11) is 0. The SMILES string of the molecule is CCCCCOc1ccc(C(=O)c2c(C)c(C#N)c(=O)n(CCCC)c2O)cc1. The molecule has 29 heavy (non-hydrogen) atoms. The molecule has 0 spiro atoms. The maximum Gasteiger partial charge on any atom is 0.271 e. The highest BCUT2D eigenvalue weighted by atomic mass is 16.5. The van der Waals surface area contributed by atoms with Crippen LogP contribution < -0.4 is 10.3 Å². The Hall–Kier alpha value is -3.07. The fraction of sp³-hybridized carbons (Fsp3) is 0.435. The van der Waals surface area contributed by atoms with Gasteiger partial charge >= 0.3 is 0 Å². The number of carbonyl (C=O) groups excluding carboxylic acids is 1. The van der Waals surface area contributed by atoms with Gasteiger partial charge in [0.05, 0.1) is 12.2 Å². The Kier molecular flexibility index (Phi) is 8.02. The number of benzene rings is 1. The summed E-state index contributed by atoms with van der Waals surface area (Å²) in [6.07, 6.45) is 4.65. The molecule has 0 unspecified atom stereocenters. The quantitative estimate of drug-likeness (QED) is 0.476. The minimum absolute atomic E-state index is 0.00568. The first-order valence-corrected chi connectivity index (χ1v) is 10.1. The van der Waals surface area contributed by atoms with Crippen LogP contribution in [0.15, 0.2) is 29.1 Å². The normalized spacial score (nSPS) is 10.6. The largest absolute Gasteiger partial charge is 0.494 e. The summed E-state index contributed by atoms with van der Waals surface area (Å²) in [5.41, 5.74) is -0.128. The molecular weight excluding hydrogens is 368 g/mol. The molecule has 0 fully saturated rings. The van der Waals surface area contributed by atoms with Gasteiger partial charge in [0.1, 0.15) is 17.4 Å². The van der Waals surface area contributed by atoms with E-state index >= 15 is 0 Å². The van der Waals surface area contributed by atoms with Crippen LogP contribution in [0.5, 0.6) is 11.6 Å². The highest BCUT2D eigenvalue weighted by Crippen LogP contribution is 2.26. The van der Waals surface area contributed by atoms with Crippen LogP contribution in [0.4, 0.5) is 0 Å². The molecule has 1 N–H and O–H groups in total. The summed E-state index contributed by atoms with van der Waals surface area (Å²) >= 11 is 0. The number of aromatic hydroxyl groups is 1. The van der Waals surface area contributed by atoms with Gasteiger partial charge < -0.3 is 9.84 Å². The lowest BCUT2D eigenvalue weighted by Crippen LogP contribution is -2.26. The smallest absolute Gasteiger partial charge is 0.271 e. The number of aromatic nitrogens is 1. The Morgan fingerprint density at radius 2 is 1.79 bits per heavy atom. The third-order valence-electron chi connectivity index (χ3n) is 4.90. The molecule has 1 aromatic heterocycles.